The predicted octanol–water partition coefficient (Wildman–Crippen LogP) is 1.44. The lowest BCUT2D eigenvalue weighted by atomic mass is 10.1. The Morgan fingerprint density at radius 2 is 1.95 bits per heavy atom. The van der Waals surface area contributed by atoms with Crippen LogP contribution in [-0.4, -0.2) is 25.5 Å². The summed E-state index contributed by atoms with van der Waals surface area (Å²) in [6.07, 6.45) is 2.31. The van der Waals surface area contributed by atoms with E-state index in [9.17, 15) is 8.42 Å². The van der Waals surface area contributed by atoms with Gasteiger partial charge in [-0.3, -0.25) is 0 Å². The second kappa shape index (κ2) is 7.25. The number of nitrogens with one attached hydrogen (secondary N) is 1. The molecule has 0 aromatic heterocycles. The second-order valence-electron chi connectivity index (χ2n) is 4.50. The fourth-order valence-electron chi connectivity index (χ4n) is 1.80. The lowest BCUT2D eigenvalue weighted by molar-refractivity contribution is 0.315. The van der Waals surface area contributed by atoms with Gasteiger partial charge in [0.25, 0.3) is 0 Å². The number of nitrogens with zero attached hydrogens (tertiary/aromatic N) is 1. The number of hydrogen-bond acceptors (Lipinski definition) is 4. The molecule has 0 fully saturated rings. The zero-order valence-electron chi connectivity index (χ0n) is 11.7. The van der Waals surface area contributed by atoms with Gasteiger partial charge in [0.15, 0.2) is 5.84 Å². The van der Waals surface area contributed by atoms with E-state index in [1.807, 2.05) is 0 Å². The molecule has 0 bridgehead atoms. The number of hydrogen-bond donors (Lipinski definition) is 3. The Labute approximate surface area is 119 Å². The molecule has 20 heavy (non-hydrogen) atoms. The summed E-state index contributed by atoms with van der Waals surface area (Å²) in [6, 6.07) is 5.99. The minimum atomic E-state index is -3.68. The van der Waals surface area contributed by atoms with Crippen LogP contribution in [0.1, 0.15) is 32.3 Å². The highest BCUT2D eigenvalue weighted by Gasteiger charge is 2.21. The predicted molar refractivity (Wildman–Crippen MR) is 78.2 cm³/mol. The minimum Gasteiger partial charge on any atom is -0.409 e. The van der Waals surface area contributed by atoms with Crippen LogP contribution in [0.15, 0.2) is 34.3 Å². The number of benzene rings is 1. The largest absolute Gasteiger partial charge is 0.409 e. The van der Waals surface area contributed by atoms with Crippen LogP contribution in [0.3, 0.4) is 0 Å². The summed E-state index contributed by atoms with van der Waals surface area (Å²) in [5, 5.41) is 11.5. The molecule has 6 nitrogen and oxygen atoms in total. The maximum Gasteiger partial charge on any atom is 0.241 e. The number of nitrogens with two attached hydrogens (primary N) is 1. The SMILES string of the molecule is CCCc1ccc(S(=O)(=O)NC(CC)/C(N)=N/O)cc1. The first-order valence-corrected chi connectivity index (χ1v) is 8.01. The van der Waals surface area contributed by atoms with Crippen molar-refractivity contribution in [3.05, 3.63) is 29.8 Å². The van der Waals surface area contributed by atoms with Gasteiger partial charge in [0.1, 0.15) is 0 Å². The molecule has 0 aliphatic heterocycles. The van der Waals surface area contributed by atoms with Crippen LogP contribution >= 0.6 is 0 Å². The van der Waals surface area contributed by atoms with Gasteiger partial charge in [0.2, 0.25) is 10.0 Å². The van der Waals surface area contributed by atoms with Crippen molar-refractivity contribution in [1.82, 2.24) is 4.72 Å². The molecule has 0 radical (unpaired) electrons. The van der Waals surface area contributed by atoms with Gasteiger partial charge in [-0.05, 0) is 30.5 Å². The Balaban J connectivity index is 2.93. The molecule has 4 N–H and O–H groups in total. The van der Waals surface area contributed by atoms with E-state index in [1.54, 1.807) is 31.2 Å². The summed E-state index contributed by atoms with van der Waals surface area (Å²) in [7, 11) is -3.68. The number of sulfonamides is 1. The standard InChI is InChI=1S/C13H21N3O3S/c1-3-5-10-6-8-11(9-7-10)20(18,19)16-12(4-2)13(14)15-17/h6-9,12,16-17H,3-5H2,1-2H3,(H2,14,15). The molecule has 0 aliphatic rings. The highest BCUT2D eigenvalue weighted by Crippen LogP contribution is 2.13. The third-order valence-corrected chi connectivity index (χ3v) is 4.44. The van der Waals surface area contributed by atoms with Gasteiger partial charge in [-0.1, -0.05) is 37.6 Å². The number of oxime groups is 1. The van der Waals surface area contributed by atoms with Crippen molar-refractivity contribution < 1.29 is 13.6 Å². The molecular formula is C13H21N3O3S. The van der Waals surface area contributed by atoms with Gasteiger partial charge >= 0.3 is 0 Å². The molecule has 0 saturated carbocycles. The summed E-state index contributed by atoms with van der Waals surface area (Å²) in [5.74, 6) is -0.154. The van der Waals surface area contributed by atoms with Crippen molar-refractivity contribution in [2.45, 2.75) is 44.0 Å². The molecule has 1 unspecified atom stereocenters. The fraction of sp³-hybridized carbons (Fsp3) is 0.462. The Kier molecular flexibility index (Phi) is 5.97. The van der Waals surface area contributed by atoms with Crippen LogP contribution in [0.5, 0.6) is 0 Å². The lowest BCUT2D eigenvalue weighted by Gasteiger charge is -2.15. The van der Waals surface area contributed by atoms with E-state index >= 15 is 0 Å². The summed E-state index contributed by atoms with van der Waals surface area (Å²) in [6.45, 7) is 3.81. The zero-order valence-corrected chi connectivity index (χ0v) is 12.5. The first-order chi connectivity index (χ1) is 9.44. The normalized spacial score (nSPS) is 14.2. The Morgan fingerprint density at radius 1 is 1.35 bits per heavy atom. The third-order valence-electron chi connectivity index (χ3n) is 2.95. The Bertz CT molecular complexity index is 553. The first-order valence-electron chi connectivity index (χ1n) is 6.53. The van der Waals surface area contributed by atoms with Crippen LogP contribution in [-0.2, 0) is 16.4 Å². The maximum absolute atomic E-state index is 12.2. The van der Waals surface area contributed by atoms with Crippen molar-refractivity contribution in [3.63, 3.8) is 0 Å². The van der Waals surface area contributed by atoms with Crippen molar-refractivity contribution >= 4 is 15.9 Å². The highest BCUT2D eigenvalue weighted by molar-refractivity contribution is 7.89. The van der Waals surface area contributed by atoms with Crippen molar-refractivity contribution in [2.75, 3.05) is 0 Å². The van der Waals surface area contributed by atoms with E-state index in [4.69, 9.17) is 10.9 Å². The van der Waals surface area contributed by atoms with Crippen LogP contribution in [0.25, 0.3) is 0 Å². The van der Waals surface area contributed by atoms with E-state index in [0.717, 1.165) is 18.4 Å². The smallest absolute Gasteiger partial charge is 0.241 e. The van der Waals surface area contributed by atoms with Gasteiger partial charge in [0.05, 0.1) is 10.9 Å². The van der Waals surface area contributed by atoms with Crippen molar-refractivity contribution in [1.29, 1.82) is 0 Å². The van der Waals surface area contributed by atoms with Gasteiger partial charge in [-0.15, -0.1) is 0 Å². The Hall–Kier alpha value is -1.60. The highest BCUT2D eigenvalue weighted by atomic mass is 32.2. The number of rotatable bonds is 7. The van der Waals surface area contributed by atoms with E-state index < -0.39 is 16.1 Å². The zero-order chi connectivity index (χ0) is 15.2. The van der Waals surface area contributed by atoms with Gasteiger partial charge in [-0.25, -0.2) is 13.1 Å². The van der Waals surface area contributed by atoms with Gasteiger partial charge in [-0.2, -0.15) is 0 Å². The monoisotopic (exact) mass is 299 g/mol. The summed E-state index contributed by atoms with van der Waals surface area (Å²) >= 11 is 0. The molecule has 112 valence electrons. The van der Waals surface area contributed by atoms with Crippen LogP contribution in [0.2, 0.25) is 0 Å². The van der Waals surface area contributed by atoms with E-state index in [1.165, 1.54) is 0 Å². The summed E-state index contributed by atoms with van der Waals surface area (Å²) < 4.78 is 26.8. The van der Waals surface area contributed by atoms with E-state index in [-0.39, 0.29) is 10.7 Å². The Morgan fingerprint density at radius 3 is 2.40 bits per heavy atom. The topological polar surface area (TPSA) is 105 Å². The van der Waals surface area contributed by atoms with Gasteiger partial charge in [0, 0.05) is 0 Å². The van der Waals surface area contributed by atoms with E-state index in [0.29, 0.717) is 6.42 Å². The molecule has 1 rings (SSSR count). The van der Waals surface area contributed by atoms with Crippen LogP contribution < -0.4 is 10.5 Å². The van der Waals surface area contributed by atoms with Crippen LogP contribution in [0, 0.1) is 0 Å². The molecule has 0 aliphatic carbocycles. The van der Waals surface area contributed by atoms with Crippen molar-refractivity contribution in [2.24, 2.45) is 10.9 Å². The quantitative estimate of drug-likeness (QED) is 0.306. The van der Waals surface area contributed by atoms with E-state index in [2.05, 4.69) is 16.8 Å². The molecule has 0 amide bonds. The fourth-order valence-corrected chi connectivity index (χ4v) is 3.09. The van der Waals surface area contributed by atoms with Crippen LogP contribution in [0.4, 0.5) is 0 Å². The molecule has 0 heterocycles. The second-order valence-corrected chi connectivity index (χ2v) is 6.21. The van der Waals surface area contributed by atoms with Crippen molar-refractivity contribution in [3.8, 4) is 0 Å². The summed E-state index contributed by atoms with van der Waals surface area (Å²) in [4.78, 5) is 0.168. The molecular weight excluding hydrogens is 278 g/mol. The lowest BCUT2D eigenvalue weighted by Crippen LogP contribution is -2.44. The molecule has 1 aromatic carbocycles. The molecule has 0 saturated heterocycles. The average molecular weight is 299 g/mol. The maximum atomic E-state index is 12.2. The summed E-state index contributed by atoms with van der Waals surface area (Å²) in [5.41, 5.74) is 6.54. The first kappa shape index (κ1) is 16.5. The molecule has 1 atom stereocenters. The molecule has 1 aromatic rings. The average Bonchev–Trinajstić information content (AvgIpc) is 2.45. The minimum absolute atomic E-state index is 0.154. The third kappa shape index (κ3) is 4.21. The number of aryl methyl sites for hydroxylation is 1. The molecule has 0 spiro atoms. The molecule has 7 heteroatoms. The number of amidine groups is 1. The van der Waals surface area contributed by atoms with Gasteiger partial charge < -0.3 is 10.9 Å².